The number of benzene rings is 1. The first-order valence-electron chi connectivity index (χ1n) is 11.5. The van der Waals surface area contributed by atoms with Gasteiger partial charge in [-0.1, -0.05) is 17.7 Å². The Balaban J connectivity index is 1.48. The van der Waals surface area contributed by atoms with Crippen LogP contribution in [0.1, 0.15) is 49.4 Å². The van der Waals surface area contributed by atoms with Crippen LogP contribution in [-0.2, 0) is 11.3 Å². The van der Waals surface area contributed by atoms with E-state index in [9.17, 15) is 9.59 Å². The highest BCUT2D eigenvalue weighted by molar-refractivity contribution is 6.30. The van der Waals surface area contributed by atoms with Gasteiger partial charge in [-0.2, -0.15) is 5.10 Å². The molecule has 0 aliphatic carbocycles. The molecule has 2 atom stereocenters. The van der Waals surface area contributed by atoms with Crippen LogP contribution >= 0.6 is 11.6 Å². The summed E-state index contributed by atoms with van der Waals surface area (Å²) in [4.78, 5) is 29.9. The Labute approximate surface area is 194 Å². The summed E-state index contributed by atoms with van der Waals surface area (Å²) in [5.41, 5.74) is 0.585. The SMILES string of the molecule is CCn1cc(C(=O)N2CC[C@H](Oc3cccc(Cl)c3)[C@@H](CC(=O)N3CCCCC3)C2)cn1. The fraction of sp³-hybridized carbons (Fsp3) is 0.542. The van der Waals surface area contributed by atoms with Gasteiger partial charge in [0.05, 0.1) is 11.8 Å². The second-order valence-corrected chi connectivity index (χ2v) is 9.08. The molecule has 2 amide bonds. The van der Waals surface area contributed by atoms with E-state index in [0.29, 0.717) is 42.3 Å². The quantitative estimate of drug-likeness (QED) is 0.659. The van der Waals surface area contributed by atoms with Crippen LogP contribution < -0.4 is 4.74 Å². The van der Waals surface area contributed by atoms with Crippen molar-refractivity contribution in [1.29, 1.82) is 0 Å². The fourth-order valence-electron chi connectivity index (χ4n) is 4.59. The average Bonchev–Trinajstić information content (AvgIpc) is 3.30. The summed E-state index contributed by atoms with van der Waals surface area (Å²) in [5, 5.41) is 4.84. The van der Waals surface area contributed by atoms with Gasteiger partial charge in [-0.05, 0) is 44.4 Å². The van der Waals surface area contributed by atoms with E-state index in [2.05, 4.69) is 5.10 Å². The summed E-state index contributed by atoms with van der Waals surface area (Å²) in [5.74, 6) is 0.730. The van der Waals surface area contributed by atoms with Gasteiger partial charge in [0.25, 0.3) is 5.91 Å². The van der Waals surface area contributed by atoms with Gasteiger partial charge in [0.2, 0.25) is 5.91 Å². The molecule has 4 rings (SSSR count). The second kappa shape index (κ2) is 10.4. The number of rotatable bonds is 6. The topological polar surface area (TPSA) is 67.7 Å². The number of piperidine rings is 2. The Morgan fingerprint density at radius 3 is 2.69 bits per heavy atom. The van der Waals surface area contributed by atoms with Crippen LogP contribution in [0.2, 0.25) is 5.02 Å². The molecule has 0 N–H and O–H groups in total. The molecule has 0 saturated carbocycles. The van der Waals surface area contributed by atoms with Crippen LogP contribution in [0, 0.1) is 5.92 Å². The van der Waals surface area contributed by atoms with Crippen LogP contribution in [0.15, 0.2) is 36.7 Å². The highest BCUT2D eigenvalue weighted by Gasteiger charge is 2.36. The van der Waals surface area contributed by atoms with Crippen molar-refractivity contribution in [2.75, 3.05) is 26.2 Å². The number of nitrogens with zero attached hydrogens (tertiary/aromatic N) is 4. The molecule has 1 aromatic heterocycles. The molecule has 7 nitrogen and oxygen atoms in total. The Morgan fingerprint density at radius 2 is 1.97 bits per heavy atom. The highest BCUT2D eigenvalue weighted by atomic mass is 35.5. The molecule has 0 radical (unpaired) electrons. The van der Waals surface area contributed by atoms with E-state index in [1.165, 1.54) is 6.42 Å². The Kier molecular flexibility index (Phi) is 7.35. The first-order valence-corrected chi connectivity index (χ1v) is 11.9. The van der Waals surface area contributed by atoms with E-state index >= 15 is 0 Å². The van der Waals surface area contributed by atoms with Gasteiger partial charge in [-0.25, -0.2) is 0 Å². The zero-order valence-corrected chi connectivity index (χ0v) is 19.3. The van der Waals surface area contributed by atoms with Gasteiger partial charge in [0.15, 0.2) is 0 Å². The van der Waals surface area contributed by atoms with Gasteiger partial charge in [-0.3, -0.25) is 14.3 Å². The molecular formula is C24H31ClN4O3. The Hall–Kier alpha value is -2.54. The maximum absolute atomic E-state index is 13.1. The second-order valence-electron chi connectivity index (χ2n) is 8.64. The molecule has 3 heterocycles. The predicted octanol–water partition coefficient (Wildman–Crippen LogP) is 3.87. The van der Waals surface area contributed by atoms with E-state index < -0.39 is 0 Å². The van der Waals surface area contributed by atoms with Crippen molar-refractivity contribution in [2.24, 2.45) is 5.92 Å². The van der Waals surface area contributed by atoms with Crippen LogP contribution in [0.4, 0.5) is 0 Å². The number of carbonyl (C=O) groups is 2. The van der Waals surface area contributed by atoms with Gasteiger partial charge in [0.1, 0.15) is 11.9 Å². The zero-order valence-electron chi connectivity index (χ0n) is 18.6. The maximum atomic E-state index is 13.1. The molecule has 0 spiro atoms. The third-order valence-electron chi connectivity index (χ3n) is 6.38. The average molecular weight is 459 g/mol. The number of aromatic nitrogens is 2. The third-order valence-corrected chi connectivity index (χ3v) is 6.62. The monoisotopic (exact) mass is 458 g/mol. The number of likely N-dealkylation sites (tertiary alicyclic amines) is 2. The Bertz CT molecular complexity index is 941. The smallest absolute Gasteiger partial charge is 0.257 e. The molecule has 1 aromatic carbocycles. The van der Waals surface area contributed by atoms with Crippen molar-refractivity contribution in [3.8, 4) is 5.75 Å². The van der Waals surface area contributed by atoms with Crippen molar-refractivity contribution in [2.45, 2.75) is 51.7 Å². The first kappa shape index (κ1) is 22.6. The van der Waals surface area contributed by atoms with Crippen LogP contribution in [0.5, 0.6) is 5.75 Å². The molecule has 2 fully saturated rings. The molecule has 2 saturated heterocycles. The van der Waals surface area contributed by atoms with Crippen LogP contribution in [0.25, 0.3) is 0 Å². The number of amides is 2. The van der Waals surface area contributed by atoms with Crippen molar-refractivity contribution in [1.82, 2.24) is 19.6 Å². The molecule has 32 heavy (non-hydrogen) atoms. The fourth-order valence-corrected chi connectivity index (χ4v) is 4.77. The van der Waals surface area contributed by atoms with E-state index in [1.807, 2.05) is 34.9 Å². The van der Waals surface area contributed by atoms with Crippen LogP contribution in [-0.4, -0.2) is 63.7 Å². The van der Waals surface area contributed by atoms with Crippen molar-refractivity contribution < 1.29 is 14.3 Å². The minimum absolute atomic E-state index is 0.0404. The van der Waals surface area contributed by atoms with E-state index in [0.717, 1.165) is 32.5 Å². The van der Waals surface area contributed by atoms with Gasteiger partial charge >= 0.3 is 0 Å². The highest BCUT2D eigenvalue weighted by Crippen LogP contribution is 2.29. The summed E-state index contributed by atoms with van der Waals surface area (Å²) in [6, 6.07) is 7.34. The van der Waals surface area contributed by atoms with Crippen molar-refractivity contribution in [3.63, 3.8) is 0 Å². The number of carbonyl (C=O) groups excluding carboxylic acids is 2. The summed E-state index contributed by atoms with van der Waals surface area (Å²) < 4.78 is 8.03. The van der Waals surface area contributed by atoms with Gasteiger partial charge < -0.3 is 14.5 Å². The molecule has 2 aliphatic heterocycles. The van der Waals surface area contributed by atoms with Crippen molar-refractivity contribution >= 4 is 23.4 Å². The third kappa shape index (κ3) is 5.44. The van der Waals surface area contributed by atoms with Gasteiger partial charge in [0, 0.05) is 62.7 Å². The molecular weight excluding hydrogens is 428 g/mol. The van der Waals surface area contributed by atoms with E-state index in [-0.39, 0.29) is 23.8 Å². The summed E-state index contributed by atoms with van der Waals surface area (Å²) in [6.07, 6.45) is 7.60. The summed E-state index contributed by atoms with van der Waals surface area (Å²) in [6.45, 7) is 5.42. The normalized spacial score (nSPS) is 21.4. The van der Waals surface area contributed by atoms with Crippen LogP contribution in [0.3, 0.4) is 0 Å². The molecule has 2 aromatic rings. The lowest BCUT2D eigenvalue weighted by Gasteiger charge is -2.39. The largest absolute Gasteiger partial charge is 0.490 e. The van der Waals surface area contributed by atoms with Gasteiger partial charge in [-0.15, -0.1) is 0 Å². The summed E-state index contributed by atoms with van der Waals surface area (Å²) in [7, 11) is 0. The number of halogens is 1. The molecule has 172 valence electrons. The predicted molar refractivity (Wildman–Crippen MR) is 123 cm³/mol. The Morgan fingerprint density at radius 1 is 1.16 bits per heavy atom. The van der Waals surface area contributed by atoms with E-state index in [1.54, 1.807) is 23.1 Å². The molecule has 2 aliphatic rings. The molecule has 0 bridgehead atoms. The number of aryl methyl sites for hydroxylation is 1. The van der Waals surface area contributed by atoms with Crippen molar-refractivity contribution in [3.05, 3.63) is 47.2 Å². The maximum Gasteiger partial charge on any atom is 0.257 e. The molecule has 8 heteroatoms. The number of hydrogen-bond donors (Lipinski definition) is 0. The minimum Gasteiger partial charge on any atom is -0.490 e. The lowest BCUT2D eigenvalue weighted by molar-refractivity contribution is -0.134. The minimum atomic E-state index is -0.148. The lowest BCUT2D eigenvalue weighted by atomic mass is 9.90. The number of ether oxygens (including phenoxy) is 1. The van der Waals surface area contributed by atoms with E-state index in [4.69, 9.17) is 16.3 Å². The molecule has 0 unspecified atom stereocenters. The lowest BCUT2D eigenvalue weighted by Crippen LogP contribution is -2.49. The zero-order chi connectivity index (χ0) is 22.5. The number of hydrogen-bond acceptors (Lipinski definition) is 4. The standard InChI is InChI=1S/C24H31ClN4O3/c1-2-29-17-19(15-26-29)24(31)28-12-9-22(32-21-8-6-7-20(25)14-21)18(16-28)13-23(30)27-10-4-3-5-11-27/h6-8,14-15,17-18,22H,2-5,9-13,16H2,1H3/t18-,22-/m0/s1. The first-order chi connectivity index (χ1) is 15.5. The summed E-state index contributed by atoms with van der Waals surface area (Å²) >= 11 is 6.13.